The molecular formula is C42H66O8Si2. The second-order valence-electron chi connectivity index (χ2n) is 18.4. The van der Waals surface area contributed by atoms with Gasteiger partial charge in [0.25, 0.3) is 0 Å². The minimum Gasteiger partial charge on any atom is -0.478 e. The van der Waals surface area contributed by atoms with Crippen molar-refractivity contribution in [3.63, 3.8) is 0 Å². The van der Waals surface area contributed by atoms with Gasteiger partial charge in [0.15, 0.2) is 28.5 Å². The van der Waals surface area contributed by atoms with Crippen molar-refractivity contribution in [1.82, 2.24) is 0 Å². The zero-order valence-corrected chi connectivity index (χ0v) is 36.2. The van der Waals surface area contributed by atoms with E-state index in [4.69, 9.17) is 23.1 Å². The fourth-order valence-electron chi connectivity index (χ4n) is 7.23. The standard InChI is InChI=1S/C42H66O8Si2/c1-14-35(47-36-18-16-15-17-34(36)28(3)43)40(45)48-37-25-31(49-51(10,11)41(4,5)6)23-29-20-19-27(2)33(39(29)37)22-21-30-24-32(26-38(44)46-30)50-52(12,13)42(7,8)9/h15-20,23,27,30-33,35,37,39H,14,21-22,24-26H2,1-13H3/t27?,30-,31?,32-,33?,35+,37?,39?/m1/s1. The summed E-state index contributed by atoms with van der Waals surface area (Å²) in [5.41, 5.74) is 1.57. The summed E-state index contributed by atoms with van der Waals surface area (Å²) in [5.74, 6) is -0.0481. The normalized spacial score (nSPS) is 27.6. The summed E-state index contributed by atoms with van der Waals surface area (Å²) in [7, 11) is -4.21. The first-order valence-corrected chi connectivity index (χ1v) is 25.3. The number of esters is 2. The van der Waals surface area contributed by atoms with E-state index in [0.29, 0.717) is 43.4 Å². The van der Waals surface area contributed by atoms with Crippen LogP contribution in [0.5, 0.6) is 5.75 Å². The molecule has 0 spiro atoms. The monoisotopic (exact) mass is 754 g/mol. The van der Waals surface area contributed by atoms with Crippen LogP contribution >= 0.6 is 0 Å². The van der Waals surface area contributed by atoms with E-state index in [9.17, 15) is 14.4 Å². The van der Waals surface area contributed by atoms with Crippen LogP contribution < -0.4 is 4.74 Å². The highest BCUT2D eigenvalue weighted by Crippen LogP contribution is 2.47. The van der Waals surface area contributed by atoms with Crippen LogP contribution in [0.25, 0.3) is 0 Å². The van der Waals surface area contributed by atoms with E-state index in [0.717, 1.165) is 12.0 Å². The third-order valence-corrected chi connectivity index (χ3v) is 21.4. The Labute approximate surface area is 315 Å². The summed E-state index contributed by atoms with van der Waals surface area (Å²) in [6.45, 7) is 27.9. The van der Waals surface area contributed by atoms with Gasteiger partial charge in [0.2, 0.25) is 0 Å². The minimum atomic E-state index is -2.15. The Balaban J connectivity index is 1.59. The van der Waals surface area contributed by atoms with Gasteiger partial charge in [-0.2, -0.15) is 0 Å². The molecule has 1 aliphatic heterocycles. The molecule has 0 saturated carbocycles. The molecule has 4 rings (SSSR count). The highest BCUT2D eigenvalue weighted by Gasteiger charge is 2.47. The van der Waals surface area contributed by atoms with E-state index in [1.165, 1.54) is 6.92 Å². The Hall–Kier alpha value is -2.54. The maximum atomic E-state index is 14.0. The lowest BCUT2D eigenvalue weighted by Crippen LogP contribution is -2.49. The molecule has 1 fully saturated rings. The first-order chi connectivity index (χ1) is 24.0. The molecule has 2 aliphatic carbocycles. The summed E-state index contributed by atoms with van der Waals surface area (Å²) in [6.07, 6.45) is 8.28. The molecule has 0 amide bonds. The number of hydrogen-bond donors (Lipinski definition) is 0. The highest BCUT2D eigenvalue weighted by atomic mass is 28.4. The van der Waals surface area contributed by atoms with E-state index >= 15 is 0 Å². The van der Waals surface area contributed by atoms with Crippen LogP contribution in [0.15, 0.2) is 48.1 Å². The van der Waals surface area contributed by atoms with Gasteiger partial charge in [-0.05, 0) is 92.0 Å². The summed E-state index contributed by atoms with van der Waals surface area (Å²) in [6, 6.07) is 7.02. The van der Waals surface area contributed by atoms with Gasteiger partial charge >= 0.3 is 11.9 Å². The zero-order chi connectivity index (χ0) is 38.8. The molecule has 10 heteroatoms. The molecule has 290 valence electrons. The van der Waals surface area contributed by atoms with Crippen molar-refractivity contribution in [3.05, 3.63) is 53.6 Å². The van der Waals surface area contributed by atoms with Crippen LogP contribution in [0, 0.1) is 17.8 Å². The fraction of sp³-hybridized carbons (Fsp3) is 0.690. The first-order valence-electron chi connectivity index (χ1n) is 19.4. The van der Waals surface area contributed by atoms with Gasteiger partial charge in [0, 0.05) is 18.8 Å². The van der Waals surface area contributed by atoms with E-state index in [-0.39, 0.29) is 57.9 Å². The van der Waals surface area contributed by atoms with Gasteiger partial charge in [-0.3, -0.25) is 9.59 Å². The van der Waals surface area contributed by atoms with E-state index in [2.05, 4.69) is 92.9 Å². The van der Waals surface area contributed by atoms with E-state index in [1.807, 2.05) is 6.92 Å². The summed E-state index contributed by atoms with van der Waals surface area (Å²) >= 11 is 0. The Bertz CT molecular complexity index is 1500. The molecule has 0 radical (unpaired) electrons. The number of fused-ring (bicyclic) bond motifs is 1. The van der Waals surface area contributed by atoms with E-state index < -0.39 is 34.8 Å². The van der Waals surface area contributed by atoms with Crippen LogP contribution in [0.2, 0.25) is 36.3 Å². The van der Waals surface area contributed by atoms with E-state index in [1.54, 1.807) is 24.3 Å². The van der Waals surface area contributed by atoms with Crippen LogP contribution in [-0.2, 0) is 27.9 Å². The Morgan fingerprint density at radius 2 is 1.58 bits per heavy atom. The molecule has 5 unspecified atom stereocenters. The number of benzene rings is 1. The summed E-state index contributed by atoms with van der Waals surface area (Å²) in [4.78, 5) is 39.2. The molecule has 1 saturated heterocycles. The molecular weight excluding hydrogens is 689 g/mol. The number of hydrogen-bond acceptors (Lipinski definition) is 8. The van der Waals surface area contributed by atoms with Gasteiger partial charge in [-0.15, -0.1) is 0 Å². The lowest BCUT2D eigenvalue weighted by atomic mass is 9.66. The summed E-state index contributed by atoms with van der Waals surface area (Å²) < 4.78 is 32.3. The second-order valence-corrected chi connectivity index (χ2v) is 27.9. The van der Waals surface area contributed by atoms with Gasteiger partial charge in [-0.25, -0.2) is 4.79 Å². The molecule has 1 aromatic carbocycles. The second kappa shape index (κ2) is 16.5. The Morgan fingerprint density at radius 1 is 0.942 bits per heavy atom. The van der Waals surface area contributed by atoms with Crippen LogP contribution in [0.3, 0.4) is 0 Å². The smallest absolute Gasteiger partial charge is 0.347 e. The molecule has 8 nitrogen and oxygen atoms in total. The molecule has 3 aliphatic rings. The number of allylic oxidation sites excluding steroid dienone is 2. The molecule has 0 aromatic heterocycles. The van der Waals surface area contributed by atoms with Crippen molar-refractivity contribution in [2.24, 2.45) is 17.8 Å². The number of carbonyl (C=O) groups is 3. The van der Waals surface area contributed by atoms with Crippen LogP contribution in [-0.4, -0.2) is 64.9 Å². The number of ether oxygens (including phenoxy) is 3. The van der Waals surface area contributed by atoms with Crippen LogP contribution in [0.4, 0.5) is 0 Å². The predicted octanol–water partition coefficient (Wildman–Crippen LogP) is 9.99. The number of Topliss-reactive ketones (excluding diaryl/α,β-unsaturated/α-hetero) is 1. The quantitative estimate of drug-likeness (QED) is 0.112. The van der Waals surface area contributed by atoms with Crippen molar-refractivity contribution < 1.29 is 37.4 Å². The van der Waals surface area contributed by atoms with Crippen molar-refractivity contribution in [2.45, 2.75) is 168 Å². The number of carbonyl (C=O) groups excluding carboxylic acids is 3. The van der Waals surface area contributed by atoms with Gasteiger partial charge in [-0.1, -0.05) is 85.8 Å². The maximum Gasteiger partial charge on any atom is 0.347 e. The Kier molecular flexibility index (Phi) is 13.4. The van der Waals surface area contributed by atoms with Crippen molar-refractivity contribution in [2.75, 3.05) is 0 Å². The van der Waals surface area contributed by atoms with Gasteiger partial charge in [0.1, 0.15) is 18.0 Å². The molecule has 0 bridgehead atoms. The third kappa shape index (κ3) is 10.2. The average Bonchev–Trinajstić information content (AvgIpc) is 3.01. The molecule has 8 atom stereocenters. The maximum absolute atomic E-state index is 14.0. The molecule has 52 heavy (non-hydrogen) atoms. The Morgan fingerprint density at radius 3 is 2.19 bits per heavy atom. The fourth-order valence-corrected chi connectivity index (χ4v) is 9.87. The lowest BCUT2D eigenvalue weighted by molar-refractivity contribution is -0.164. The predicted molar refractivity (Wildman–Crippen MR) is 212 cm³/mol. The third-order valence-electron chi connectivity index (χ3n) is 12.4. The van der Waals surface area contributed by atoms with Crippen molar-refractivity contribution >= 4 is 34.4 Å². The van der Waals surface area contributed by atoms with Gasteiger partial charge in [0.05, 0.1) is 24.2 Å². The topological polar surface area (TPSA) is 97.4 Å². The highest BCUT2D eigenvalue weighted by molar-refractivity contribution is 6.74. The molecule has 1 aromatic rings. The van der Waals surface area contributed by atoms with Crippen LogP contribution in [0.1, 0.15) is 111 Å². The largest absolute Gasteiger partial charge is 0.478 e. The number of rotatable bonds is 13. The molecule has 1 heterocycles. The van der Waals surface area contributed by atoms with Crippen molar-refractivity contribution in [1.29, 1.82) is 0 Å². The minimum absolute atomic E-state index is 0.0167. The first kappa shape index (κ1) is 42.2. The average molecular weight is 755 g/mol. The van der Waals surface area contributed by atoms with Gasteiger partial charge < -0.3 is 23.1 Å². The lowest BCUT2D eigenvalue weighted by Gasteiger charge is -2.46. The SMILES string of the molecule is CC[C@H](Oc1ccccc1C(C)=O)C(=O)OC1CC(O[Si](C)(C)C(C)(C)C)C=C2C=CC(C)C(CC[C@@H]3C[C@@H](O[Si](C)(C)C(C)(C)C)CC(=O)O3)C21. The van der Waals surface area contributed by atoms with Crippen molar-refractivity contribution in [3.8, 4) is 5.75 Å². The number of cyclic esters (lactones) is 1. The summed E-state index contributed by atoms with van der Waals surface area (Å²) in [5, 5.41) is 0.0670. The number of para-hydroxylation sites is 1. The number of ketones is 1. The molecule has 0 N–H and O–H groups in total. The zero-order valence-electron chi connectivity index (χ0n) is 34.2.